The van der Waals surface area contributed by atoms with Crippen LogP contribution >= 0.6 is 0 Å². The number of carbonyl (C=O) groups is 2. The highest BCUT2D eigenvalue weighted by Crippen LogP contribution is 2.25. The lowest BCUT2D eigenvalue weighted by atomic mass is 10.1. The van der Waals surface area contributed by atoms with Gasteiger partial charge in [-0.25, -0.2) is 9.37 Å². The van der Waals surface area contributed by atoms with Crippen LogP contribution in [0.3, 0.4) is 0 Å². The molecule has 1 atom stereocenters. The Bertz CT molecular complexity index is 1110. The van der Waals surface area contributed by atoms with E-state index in [2.05, 4.69) is 4.98 Å². The lowest BCUT2D eigenvalue weighted by molar-refractivity contribution is -0.383. The van der Waals surface area contributed by atoms with Crippen molar-refractivity contribution < 1.29 is 25.0 Å². The minimum absolute atomic E-state index is 0.203. The smallest absolute Gasteiger partial charge is 0.306 e. The van der Waals surface area contributed by atoms with Gasteiger partial charge in [0.2, 0.25) is 5.91 Å². The first kappa shape index (κ1) is 20.4. The highest BCUT2D eigenvalue weighted by atomic mass is 19.1. The van der Waals surface area contributed by atoms with Gasteiger partial charge in [0, 0.05) is 12.5 Å². The van der Waals surface area contributed by atoms with E-state index >= 15 is 0 Å². The van der Waals surface area contributed by atoms with Crippen molar-refractivity contribution in [2.45, 2.75) is 52.2 Å². The molecule has 10 nitrogen and oxygen atoms in total. The van der Waals surface area contributed by atoms with Gasteiger partial charge in [-0.1, -0.05) is 0 Å². The van der Waals surface area contributed by atoms with Gasteiger partial charge in [-0.3, -0.25) is 29.1 Å². The second kappa shape index (κ2) is 7.94. The van der Waals surface area contributed by atoms with Gasteiger partial charge in [0.25, 0.3) is 11.2 Å². The van der Waals surface area contributed by atoms with Crippen LogP contribution in [-0.4, -0.2) is 32.0 Å². The second-order valence-electron chi connectivity index (χ2n) is 7.27. The number of halogens is 1. The van der Waals surface area contributed by atoms with E-state index in [4.69, 9.17) is 11.8 Å². The van der Waals surface area contributed by atoms with E-state index < -0.39 is 63.7 Å². The molecule has 0 spiro atoms. The molecule has 2 N–H and O–H groups in total. The van der Waals surface area contributed by atoms with Gasteiger partial charge in [0.1, 0.15) is 28.6 Å². The van der Waals surface area contributed by atoms with Crippen molar-refractivity contribution in [3.63, 3.8) is 0 Å². The van der Waals surface area contributed by atoms with Gasteiger partial charge < -0.3 is 10.5 Å². The normalized spacial score (nSPS) is 14.2. The third-order valence-electron chi connectivity index (χ3n) is 3.82. The van der Waals surface area contributed by atoms with Crippen molar-refractivity contribution in [1.82, 2.24) is 9.55 Å². The van der Waals surface area contributed by atoms with Gasteiger partial charge in [-0.15, -0.1) is 0 Å². The van der Waals surface area contributed by atoms with E-state index in [-0.39, 0.29) is 11.3 Å². The van der Waals surface area contributed by atoms with Crippen LogP contribution in [0.1, 0.15) is 46.8 Å². The summed E-state index contributed by atoms with van der Waals surface area (Å²) in [6.07, 6.45) is -0.973. The fourth-order valence-corrected chi connectivity index (χ4v) is 2.79. The number of primary amides is 1. The van der Waals surface area contributed by atoms with Crippen LogP contribution in [0, 0.1) is 22.9 Å². The summed E-state index contributed by atoms with van der Waals surface area (Å²) in [6.45, 7) is 6.16. The van der Waals surface area contributed by atoms with Crippen molar-refractivity contribution in [2.24, 2.45) is 5.73 Å². The lowest BCUT2D eigenvalue weighted by Gasteiger charge is -2.22. The van der Waals surface area contributed by atoms with Gasteiger partial charge in [-0.05, 0) is 34.1 Å². The second-order valence-corrected chi connectivity index (χ2v) is 7.27. The summed E-state index contributed by atoms with van der Waals surface area (Å²) in [5.41, 5.74) is 2.26. The predicted molar refractivity (Wildman–Crippen MR) is 101 cm³/mol. The number of hydrogen-bond acceptors (Lipinski definition) is 7. The molecule has 0 saturated heterocycles. The average molecular weight is 409 g/mol. The molecule has 0 unspecified atom stereocenters. The fourth-order valence-electron chi connectivity index (χ4n) is 2.79. The largest absolute Gasteiger partial charge is 0.460 e. The number of benzene rings is 1. The standard InChI is InChI=1S/C18H21FN4O6/c1-9-21-11-7-10(19)8-13(23(27)28)15(11)17(26)22(9)12(16(20)25)5-6-14(24)29-18(2,3)4/h7-8,12H,5-6H2,1-4H3,(H2,20,25)/t12-/m0/s1/i12D. The van der Waals surface area contributed by atoms with Crippen LogP contribution in [0.2, 0.25) is 0 Å². The SMILES string of the molecule is [2H][C@](CCC(=O)OC(C)(C)C)(C(N)=O)n1c(C)nc2cc(F)cc([N+](=O)[O-])c2c1=O. The minimum Gasteiger partial charge on any atom is -0.460 e. The number of nitrogens with zero attached hydrogens (tertiary/aromatic N) is 3. The van der Waals surface area contributed by atoms with E-state index in [1.54, 1.807) is 20.8 Å². The monoisotopic (exact) mass is 409 g/mol. The van der Waals surface area contributed by atoms with E-state index in [0.29, 0.717) is 10.6 Å². The average Bonchev–Trinajstić information content (AvgIpc) is 2.57. The number of amides is 1. The molecule has 1 amide bonds. The topological polar surface area (TPSA) is 147 Å². The maximum atomic E-state index is 13.7. The first-order chi connectivity index (χ1) is 13.7. The van der Waals surface area contributed by atoms with Crippen LogP contribution in [0.25, 0.3) is 10.9 Å². The number of aryl methyl sites for hydroxylation is 1. The summed E-state index contributed by atoms with van der Waals surface area (Å²) in [4.78, 5) is 51.5. The molecule has 1 heterocycles. The molecule has 2 aromatic rings. The van der Waals surface area contributed by atoms with E-state index in [1.807, 2.05) is 0 Å². The first-order valence-corrected chi connectivity index (χ1v) is 8.57. The number of aromatic nitrogens is 2. The summed E-state index contributed by atoms with van der Waals surface area (Å²) >= 11 is 0. The van der Waals surface area contributed by atoms with E-state index in [0.717, 1.165) is 6.07 Å². The minimum atomic E-state index is -2.48. The predicted octanol–water partition coefficient (Wildman–Crippen LogP) is 1.90. The third-order valence-corrected chi connectivity index (χ3v) is 3.82. The number of fused-ring (bicyclic) bond motifs is 1. The fraction of sp³-hybridized carbons (Fsp3) is 0.444. The molecule has 0 aliphatic heterocycles. The number of nitro benzene ring substituents is 1. The van der Waals surface area contributed by atoms with Crippen LogP contribution in [0.4, 0.5) is 10.1 Å². The Morgan fingerprint density at radius 2 is 2.07 bits per heavy atom. The van der Waals surface area contributed by atoms with Crippen LogP contribution in [0.5, 0.6) is 0 Å². The molecule has 0 radical (unpaired) electrons. The molecular weight excluding hydrogens is 387 g/mol. The molecule has 0 fully saturated rings. The van der Waals surface area contributed by atoms with Crippen LogP contribution < -0.4 is 11.3 Å². The van der Waals surface area contributed by atoms with Crippen molar-refractivity contribution in [2.75, 3.05) is 0 Å². The molecule has 1 aromatic heterocycles. The molecular formula is C18H21FN4O6. The number of nitrogens with two attached hydrogens (primary N) is 1. The first-order valence-electron chi connectivity index (χ1n) is 9.07. The van der Waals surface area contributed by atoms with Crippen LogP contribution in [0.15, 0.2) is 16.9 Å². The number of carbonyl (C=O) groups excluding carboxylic acids is 2. The summed E-state index contributed by atoms with van der Waals surface area (Å²) in [7, 11) is 0. The number of hydrogen-bond donors (Lipinski definition) is 1. The zero-order chi connectivity index (χ0) is 23.0. The molecule has 2 rings (SSSR count). The van der Waals surface area contributed by atoms with E-state index in [1.165, 1.54) is 6.92 Å². The highest BCUT2D eigenvalue weighted by Gasteiger charge is 2.28. The Kier molecular flexibility index (Phi) is 5.57. The summed E-state index contributed by atoms with van der Waals surface area (Å²) in [5, 5.41) is 10.7. The number of rotatable bonds is 6. The molecule has 29 heavy (non-hydrogen) atoms. The molecule has 0 aliphatic rings. The van der Waals surface area contributed by atoms with Gasteiger partial charge in [0.15, 0.2) is 0 Å². The van der Waals surface area contributed by atoms with Crippen molar-refractivity contribution >= 4 is 28.5 Å². The molecule has 11 heteroatoms. The number of nitro groups is 1. The Hall–Kier alpha value is -3.37. The quantitative estimate of drug-likeness (QED) is 0.435. The van der Waals surface area contributed by atoms with Crippen molar-refractivity contribution in [3.8, 4) is 0 Å². The number of non-ortho nitro benzene ring substituents is 1. The number of esters is 1. The van der Waals surface area contributed by atoms with Crippen molar-refractivity contribution in [1.29, 1.82) is 0 Å². The summed E-state index contributed by atoms with van der Waals surface area (Å²) in [5.74, 6) is -3.18. The molecule has 156 valence electrons. The Morgan fingerprint density at radius 3 is 2.59 bits per heavy atom. The Labute approximate surface area is 166 Å². The molecule has 1 aromatic carbocycles. The van der Waals surface area contributed by atoms with E-state index in [9.17, 15) is 28.9 Å². The zero-order valence-electron chi connectivity index (χ0n) is 17.3. The zero-order valence-corrected chi connectivity index (χ0v) is 16.3. The lowest BCUT2D eigenvalue weighted by Crippen LogP contribution is -2.36. The maximum Gasteiger partial charge on any atom is 0.306 e. The summed E-state index contributed by atoms with van der Waals surface area (Å²) < 4.78 is 27.9. The molecule has 0 saturated carbocycles. The highest BCUT2D eigenvalue weighted by molar-refractivity contribution is 5.88. The third kappa shape index (κ3) is 4.92. The van der Waals surface area contributed by atoms with Gasteiger partial charge in [-0.2, -0.15) is 0 Å². The summed E-state index contributed by atoms with van der Waals surface area (Å²) in [6, 6.07) is -1.11. The number of ether oxygens (including phenoxy) is 1. The van der Waals surface area contributed by atoms with Gasteiger partial charge >= 0.3 is 5.97 Å². The Morgan fingerprint density at radius 1 is 1.45 bits per heavy atom. The van der Waals surface area contributed by atoms with Gasteiger partial charge in [0.05, 0.1) is 17.9 Å². The van der Waals surface area contributed by atoms with Crippen molar-refractivity contribution in [3.05, 3.63) is 44.2 Å². The Balaban J connectivity index is 2.67. The molecule has 0 aliphatic carbocycles. The maximum absolute atomic E-state index is 13.7. The molecule has 0 bridgehead atoms. The van der Waals surface area contributed by atoms with Crippen LogP contribution in [-0.2, 0) is 14.3 Å².